The second kappa shape index (κ2) is 7.56. The van der Waals surface area contributed by atoms with Gasteiger partial charge in [0.25, 0.3) is 0 Å². The molecule has 1 aliphatic heterocycles. The average Bonchev–Trinajstić information content (AvgIpc) is 3.23. The highest BCUT2D eigenvalue weighted by atomic mass is 16.5. The molecule has 21 heavy (non-hydrogen) atoms. The van der Waals surface area contributed by atoms with Crippen molar-refractivity contribution in [2.75, 3.05) is 33.4 Å². The van der Waals surface area contributed by atoms with E-state index < -0.39 is 11.5 Å². The lowest BCUT2D eigenvalue weighted by Gasteiger charge is -2.29. The molecule has 1 saturated heterocycles. The first-order chi connectivity index (χ1) is 9.99. The van der Waals surface area contributed by atoms with Crippen molar-refractivity contribution in [3.63, 3.8) is 0 Å². The van der Waals surface area contributed by atoms with Crippen molar-refractivity contribution in [2.24, 2.45) is 5.92 Å². The Kier molecular flexibility index (Phi) is 6.02. The SMILES string of the molecule is CN(CCCC(C)(NC1CC1)C(=O)O)CC1CCCOC1. The van der Waals surface area contributed by atoms with Gasteiger partial charge in [-0.3, -0.25) is 10.1 Å². The Morgan fingerprint density at radius 1 is 1.43 bits per heavy atom. The first-order valence-electron chi connectivity index (χ1n) is 8.27. The molecule has 2 aliphatic rings. The van der Waals surface area contributed by atoms with E-state index in [1.165, 1.54) is 12.8 Å². The van der Waals surface area contributed by atoms with E-state index in [2.05, 4.69) is 17.3 Å². The third-order valence-corrected chi connectivity index (χ3v) is 4.61. The van der Waals surface area contributed by atoms with Gasteiger partial charge in [0.05, 0.1) is 6.61 Å². The van der Waals surface area contributed by atoms with E-state index in [1.807, 2.05) is 6.92 Å². The molecule has 122 valence electrons. The fraction of sp³-hybridized carbons (Fsp3) is 0.938. The van der Waals surface area contributed by atoms with Gasteiger partial charge in [-0.25, -0.2) is 0 Å². The van der Waals surface area contributed by atoms with Crippen LogP contribution in [0.3, 0.4) is 0 Å². The summed E-state index contributed by atoms with van der Waals surface area (Å²) in [4.78, 5) is 13.8. The van der Waals surface area contributed by atoms with Gasteiger partial charge in [-0.15, -0.1) is 0 Å². The summed E-state index contributed by atoms with van der Waals surface area (Å²) >= 11 is 0. The van der Waals surface area contributed by atoms with Gasteiger partial charge in [0.2, 0.25) is 0 Å². The fourth-order valence-electron chi connectivity index (χ4n) is 3.11. The Labute approximate surface area is 128 Å². The van der Waals surface area contributed by atoms with Crippen molar-refractivity contribution in [1.29, 1.82) is 0 Å². The predicted molar refractivity (Wildman–Crippen MR) is 82.5 cm³/mol. The van der Waals surface area contributed by atoms with Crippen LogP contribution in [0.4, 0.5) is 0 Å². The number of nitrogens with zero attached hydrogens (tertiary/aromatic N) is 1. The Balaban J connectivity index is 1.67. The first-order valence-corrected chi connectivity index (χ1v) is 8.27. The third-order valence-electron chi connectivity index (χ3n) is 4.61. The Hall–Kier alpha value is -0.650. The standard InChI is InChI=1S/C16H30N2O3/c1-16(15(19)20,17-14-6-7-14)8-4-9-18(2)11-13-5-3-10-21-12-13/h13-14,17H,3-12H2,1-2H3,(H,19,20). The van der Waals surface area contributed by atoms with Crippen LogP contribution in [-0.2, 0) is 9.53 Å². The molecule has 5 nitrogen and oxygen atoms in total. The van der Waals surface area contributed by atoms with E-state index in [9.17, 15) is 9.90 Å². The molecule has 0 aromatic rings. The number of hydrogen-bond acceptors (Lipinski definition) is 4. The summed E-state index contributed by atoms with van der Waals surface area (Å²) in [6.45, 7) is 5.61. The molecule has 0 bridgehead atoms. The van der Waals surface area contributed by atoms with Crippen LogP contribution in [0.1, 0.15) is 45.4 Å². The van der Waals surface area contributed by atoms with Crippen LogP contribution in [0.2, 0.25) is 0 Å². The third kappa shape index (κ3) is 5.57. The molecule has 1 heterocycles. The molecule has 1 saturated carbocycles. The number of carboxylic acids is 1. The van der Waals surface area contributed by atoms with Gasteiger partial charge in [-0.1, -0.05) is 0 Å². The molecule has 2 N–H and O–H groups in total. The molecule has 2 rings (SSSR count). The van der Waals surface area contributed by atoms with Crippen molar-refractivity contribution >= 4 is 5.97 Å². The molecule has 0 amide bonds. The molecular weight excluding hydrogens is 268 g/mol. The molecule has 0 spiro atoms. The molecule has 5 heteroatoms. The maximum Gasteiger partial charge on any atom is 0.323 e. The van der Waals surface area contributed by atoms with E-state index in [1.54, 1.807) is 0 Å². The normalized spacial score (nSPS) is 25.8. The van der Waals surface area contributed by atoms with Crippen LogP contribution in [0.15, 0.2) is 0 Å². The van der Waals surface area contributed by atoms with Crippen molar-refractivity contribution in [1.82, 2.24) is 10.2 Å². The number of nitrogens with one attached hydrogen (secondary N) is 1. The minimum Gasteiger partial charge on any atom is -0.480 e. The van der Waals surface area contributed by atoms with Crippen LogP contribution < -0.4 is 5.32 Å². The Morgan fingerprint density at radius 3 is 2.76 bits per heavy atom. The summed E-state index contributed by atoms with van der Waals surface area (Å²) in [6.07, 6.45) is 6.24. The Bertz CT molecular complexity index is 340. The lowest BCUT2D eigenvalue weighted by atomic mass is 9.95. The monoisotopic (exact) mass is 298 g/mol. The fourth-order valence-corrected chi connectivity index (χ4v) is 3.11. The largest absolute Gasteiger partial charge is 0.480 e. The summed E-state index contributed by atoms with van der Waals surface area (Å²) in [7, 11) is 2.13. The maximum atomic E-state index is 11.5. The van der Waals surface area contributed by atoms with Gasteiger partial charge >= 0.3 is 5.97 Å². The molecule has 1 aliphatic carbocycles. The quantitative estimate of drug-likeness (QED) is 0.679. The highest BCUT2D eigenvalue weighted by Crippen LogP contribution is 2.25. The number of carboxylic acid groups (broad SMARTS) is 1. The lowest BCUT2D eigenvalue weighted by Crippen LogP contribution is -2.50. The average molecular weight is 298 g/mol. The molecule has 2 fully saturated rings. The zero-order chi connectivity index (χ0) is 15.3. The lowest BCUT2D eigenvalue weighted by molar-refractivity contribution is -0.144. The van der Waals surface area contributed by atoms with Crippen LogP contribution in [-0.4, -0.2) is 60.9 Å². The van der Waals surface area contributed by atoms with Gasteiger partial charge in [0.1, 0.15) is 5.54 Å². The smallest absolute Gasteiger partial charge is 0.323 e. The minimum atomic E-state index is -0.768. The minimum absolute atomic E-state index is 0.420. The first kappa shape index (κ1) is 16.7. The van der Waals surface area contributed by atoms with Gasteiger partial charge in [-0.05, 0) is 65.0 Å². The number of ether oxygens (including phenoxy) is 1. The Morgan fingerprint density at radius 2 is 2.19 bits per heavy atom. The molecule has 0 aromatic heterocycles. The highest BCUT2D eigenvalue weighted by molar-refractivity contribution is 5.78. The van der Waals surface area contributed by atoms with Gasteiger partial charge in [-0.2, -0.15) is 0 Å². The summed E-state index contributed by atoms with van der Waals surface area (Å²) in [5.41, 5.74) is -0.768. The van der Waals surface area contributed by atoms with Crippen molar-refractivity contribution < 1.29 is 14.6 Å². The van der Waals surface area contributed by atoms with E-state index in [-0.39, 0.29) is 0 Å². The molecule has 2 atom stereocenters. The molecule has 2 unspecified atom stereocenters. The summed E-state index contributed by atoms with van der Waals surface area (Å²) < 4.78 is 5.51. The zero-order valence-electron chi connectivity index (χ0n) is 13.4. The van der Waals surface area contributed by atoms with E-state index in [4.69, 9.17) is 4.74 Å². The van der Waals surface area contributed by atoms with Gasteiger partial charge in [0, 0.05) is 19.2 Å². The zero-order valence-corrected chi connectivity index (χ0v) is 13.4. The van der Waals surface area contributed by atoms with Crippen molar-refractivity contribution in [2.45, 2.75) is 57.0 Å². The number of carbonyl (C=O) groups is 1. The summed E-state index contributed by atoms with van der Waals surface area (Å²) in [6, 6.07) is 0.420. The summed E-state index contributed by atoms with van der Waals surface area (Å²) in [5, 5.41) is 12.7. The highest BCUT2D eigenvalue weighted by Gasteiger charge is 2.37. The maximum absolute atomic E-state index is 11.5. The van der Waals surface area contributed by atoms with Gasteiger partial charge in [0.15, 0.2) is 0 Å². The van der Waals surface area contributed by atoms with Gasteiger partial charge < -0.3 is 14.7 Å². The van der Waals surface area contributed by atoms with Crippen molar-refractivity contribution in [3.8, 4) is 0 Å². The molecule has 0 radical (unpaired) electrons. The van der Waals surface area contributed by atoms with E-state index >= 15 is 0 Å². The number of rotatable bonds is 9. The number of hydrogen-bond donors (Lipinski definition) is 2. The van der Waals surface area contributed by atoms with Crippen LogP contribution in [0.5, 0.6) is 0 Å². The van der Waals surface area contributed by atoms with Crippen LogP contribution in [0.25, 0.3) is 0 Å². The van der Waals surface area contributed by atoms with Crippen molar-refractivity contribution in [3.05, 3.63) is 0 Å². The molecule has 0 aromatic carbocycles. The molecular formula is C16H30N2O3. The predicted octanol–water partition coefficient (Wildman–Crippen LogP) is 1.72. The second-order valence-corrected chi connectivity index (χ2v) is 7.00. The topological polar surface area (TPSA) is 61.8 Å². The summed E-state index contributed by atoms with van der Waals surface area (Å²) in [5.74, 6) is -0.0862. The van der Waals surface area contributed by atoms with E-state index in [0.29, 0.717) is 18.4 Å². The van der Waals surface area contributed by atoms with E-state index in [0.717, 1.165) is 45.6 Å². The van der Waals surface area contributed by atoms with Crippen LogP contribution in [0, 0.1) is 5.92 Å². The second-order valence-electron chi connectivity index (χ2n) is 7.00. The van der Waals surface area contributed by atoms with Crippen LogP contribution >= 0.6 is 0 Å². The number of aliphatic carboxylic acids is 1.